The van der Waals surface area contributed by atoms with Crippen molar-refractivity contribution in [1.29, 1.82) is 0 Å². The zero-order valence-electron chi connectivity index (χ0n) is 11.5. The van der Waals surface area contributed by atoms with E-state index >= 15 is 0 Å². The van der Waals surface area contributed by atoms with Gasteiger partial charge in [-0.05, 0) is 35.7 Å². The van der Waals surface area contributed by atoms with Gasteiger partial charge < -0.3 is 11.1 Å². The number of hydrogen-bond acceptors (Lipinski definition) is 4. The maximum absolute atomic E-state index is 11.1. The summed E-state index contributed by atoms with van der Waals surface area (Å²) in [6, 6.07) is 12.7. The summed E-state index contributed by atoms with van der Waals surface area (Å²) in [6.07, 6.45) is 0. The molecule has 3 N–H and O–H groups in total. The molecule has 2 rings (SSSR count). The number of anilines is 3. The molecular formula is C15H17N3O2. The molecule has 0 spiro atoms. The standard InChI is InChI=1S/C15H17N3O2/c1-10(2)11-6-8-12(9-7-11)17-14-5-3-4-13(16)15(14)18(19)20/h3-10,17H,16H2,1-2H3. The number of benzene rings is 2. The second-order valence-electron chi connectivity index (χ2n) is 4.90. The van der Waals surface area contributed by atoms with Crippen LogP contribution in [-0.4, -0.2) is 4.92 Å². The van der Waals surface area contributed by atoms with Crippen LogP contribution in [0, 0.1) is 10.1 Å². The fraction of sp³-hybridized carbons (Fsp3) is 0.200. The highest BCUT2D eigenvalue weighted by Crippen LogP contribution is 2.32. The summed E-state index contributed by atoms with van der Waals surface area (Å²) in [5.41, 5.74) is 8.12. The Labute approximate surface area is 117 Å². The number of hydrogen-bond donors (Lipinski definition) is 2. The zero-order valence-corrected chi connectivity index (χ0v) is 11.5. The van der Waals surface area contributed by atoms with Crippen LogP contribution in [0.1, 0.15) is 25.3 Å². The minimum Gasteiger partial charge on any atom is -0.393 e. The molecule has 0 atom stereocenters. The van der Waals surface area contributed by atoms with Gasteiger partial charge in [-0.2, -0.15) is 0 Å². The fourth-order valence-corrected chi connectivity index (χ4v) is 1.97. The summed E-state index contributed by atoms with van der Waals surface area (Å²) in [5.74, 6) is 0.450. The molecule has 20 heavy (non-hydrogen) atoms. The largest absolute Gasteiger partial charge is 0.393 e. The molecule has 0 amide bonds. The number of nitro groups is 1. The van der Waals surface area contributed by atoms with Gasteiger partial charge in [-0.1, -0.05) is 32.0 Å². The minimum absolute atomic E-state index is 0.0968. The normalized spacial score (nSPS) is 10.6. The molecule has 0 aliphatic rings. The molecule has 0 saturated heterocycles. The zero-order chi connectivity index (χ0) is 14.7. The minimum atomic E-state index is -0.472. The highest BCUT2D eigenvalue weighted by Gasteiger charge is 2.17. The molecule has 0 aromatic heterocycles. The third-order valence-electron chi connectivity index (χ3n) is 3.11. The van der Waals surface area contributed by atoms with E-state index in [9.17, 15) is 10.1 Å². The first kappa shape index (κ1) is 13.9. The van der Waals surface area contributed by atoms with Crippen molar-refractivity contribution in [1.82, 2.24) is 0 Å². The van der Waals surface area contributed by atoms with Crippen LogP contribution in [0.25, 0.3) is 0 Å². The van der Waals surface area contributed by atoms with Crippen LogP contribution >= 0.6 is 0 Å². The lowest BCUT2D eigenvalue weighted by Crippen LogP contribution is -2.01. The monoisotopic (exact) mass is 271 g/mol. The van der Waals surface area contributed by atoms with Gasteiger partial charge in [0.1, 0.15) is 11.4 Å². The lowest BCUT2D eigenvalue weighted by Gasteiger charge is -2.10. The van der Waals surface area contributed by atoms with Crippen molar-refractivity contribution in [2.45, 2.75) is 19.8 Å². The summed E-state index contributed by atoms with van der Waals surface area (Å²) >= 11 is 0. The molecule has 2 aromatic rings. The molecule has 104 valence electrons. The number of nitrogens with zero attached hydrogens (tertiary/aromatic N) is 1. The Kier molecular flexibility index (Phi) is 3.89. The molecule has 0 bridgehead atoms. The van der Waals surface area contributed by atoms with E-state index in [0.717, 1.165) is 5.69 Å². The van der Waals surface area contributed by atoms with Crippen molar-refractivity contribution >= 4 is 22.7 Å². The maximum Gasteiger partial charge on any atom is 0.315 e. The van der Waals surface area contributed by atoms with E-state index in [4.69, 9.17) is 5.73 Å². The first-order valence-electron chi connectivity index (χ1n) is 6.39. The summed E-state index contributed by atoms with van der Waals surface area (Å²) in [6.45, 7) is 4.23. The fourth-order valence-electron chi connectivity index (χ4n) is 1.97. The Morgan fingerprint density at radius 3 is 2.35 bits per heavy atom. The van der Waals surface area contributed by atoms with Crippen LogP contribution in [0.4, 0.5) is 22.7 Å². The summed E-state index contributed by atoms with van der Waals surface area (Å²) in [5, 5.41) is 14.1. The van der Waals surface area contributed by atoms with Gasteiger partial charge in [-0.3, -0.25) is 10.1 Å². The average molecular weight is 271 g/mol. The number of para-hydroxylation sites is 1. The highest BCUT2D eigenvalue weighted by molar-refractivity contribution is 5.78. The van der Waals surface area contributed by atoms with Crippen molar-refractivity contribution in [2.24, 2.45) is 0 Å². The summed E-state index contributed by atoms with van der Waals surface area (Å²) in [4.78, 5) is 10.6. The average Bonchev–Trinajstić information content (AvgIpc) is 2.39. The Morgan fingerprint density at radius 2 is 1.80 bits per heavy atom. The van der Waals surface area contributed by atoms with E-state index in [1.54, 1.807) is 12.1 Å². The van der Waals surface area contributed by atoms with Crippen LogP contribution in [-0.2, 0) is 0 Å². The van der Waals surface area contributed by atoms with Gasteiger partial charge >= 0.3 is 5.69 Å². The number of nitrogens with two attached hydrogens (primary N) is 1. The van der Waals surface area contributed by atoms with Crippen LogP contribution in [0.15, 0.2) is 42.5 Å². The van der Waals surface area contributed by atoms with Crippen molar-refractivity contribution < 1.29 is 4.92 Å². The van der Waals surface area contributed by atoms with Crippen LogP contribution in [0.5, 0.6) is 0 Å². The third-order valence-corrected chi connectivity index (χ3v) is 3.11. The number of rotatable bonds is 4. The van der Waals surface area contributed by atoms with Gasteiger partial charge in [0.05, 0.1) is 4.92 Å². The molecule has 0 aliphatic heterocycles. The Bertz CT molecular complexity index is 622. The highest BCUT2D eigenvalue weighted by atomic mass is 16.6. The molecular weight excluding hydrogens is 254 g/mol. The van der Waals surface area contributed by atoms with E-state index in [-0.39, 0.29) is 11.4 Å². The maximum atomic E-state index is 11.1. The van der Waals surface area contributed by atoms with Crippen LogP contribution < -0.4 is 11.1 Å². The lowest BCUT2D eigenvalue weighted by atomic mass is 10.0. The van der Waals surface area contributed by atoms with E-state index in [2.05, 4.69) is 19.2 Å². The van der Waals surface area contributed by atoms with Gasteiger partial charge in [0.2, 0.25) is 0 Å². The van der Waals surface area contributed by atoms with Crippen molar-refractivity contribution in [3.8, 4) is 0 Å². The number of nitrogen functional groups attached to an aromatic ring is 1. The Morgan fingerprint density at radius 1 is 1.15 bits per heavy atom. The van der Waals surface area contributed by atoms with Crippen LogP contribution in [0.2, 0.25) is 0 Å². The smallest absolute Gasteiger partial charge is 0.315 e. The Hall–Kier alpha value is -2.56. The summed E-state index contributed by atoms with van der Waals surface area (Å²) < 4.78 is 0. The van der Waals surface area contributed by atoms with E-state index in [1.807, 2.05) is 24.3 Å². The number of nitro benzene ring substituents is 1. The van der Waals surface area contributed by atoms with Crippen molar-refractivity contribution in [2.75, 3.05) is 11.1 Å². The topological polar surface area (TPSA) is 81.2 Å². The van der Waals surface area contributed by atoms with E-state index in [0.29, 0.717) is 11.6 Å². The van der Waals surface area contributed by atoms with Gasteiger partial charge in [0.15, 0.2) is 0 Å². The van der Waals surface area contributed by atoms with E-state index in [1.165, 1.54) is 11.6 Å². The van der Waals surface area contributed by atoms with Crippen LogP contribution in [0.3, 0.4) is 0 Å². The van der Waals surface area contributed by atoms with Gasteiger partial charge in [-0.25, -0.2) is 0 Å². The predicted octanol–water partition coefficient (Wildman–Crippen LogP) is 4.04. The Balaban J connectivity index is 2.30. The molecule has 0 fully saturated rings. The first-order chi connectivity index (χ1) is 9.49. The molecule has 0 saturated carbocycles. The number of nitrogens with one attached hydrogen (secondary N) is 1. The van der Waals surface area contributed by atoms with E-state index < -0.39 is 4.92 Å². The van der Waals surface area contributed by atoms with Gasteiger partial charge in [-0.15, -0.1) is 0 Å². The quantitative estimate of drug-likeness (QED) is 0.499. The second kappa shape index (κ2) is 5.61. The summed E-state index contributed by atoms with van der Waals surface area (Å²) in [7, 11) is 0. The molecule has 5 heteroatoms. The van der Waals surface area contributed by atoms with Crippen molar-refractivity contribution in [3.05, 3.63) is 58.1 Å². The first-order valence-corrected chi connectivity index (χ1v) is 6.39. The van der Waals surface area contributed by atoms with Crippen molar-refractivity contribution in [3.63, 3.8) is 0 Å². The molecule has 0 heterocycles. The SMILES string of the molecule is CC(C)c1ccc(Nc2cccc(N)c2[N+](=O)[O-])cc1. The third kappa shape index (κ3) is 2.88. The van der Waals surface area contributed by atoms with Gasteiger partial charge in [0, 0.05) is 5.69 Å². The second-order valence-corrected chi connectivity index (χ2v) is 4.90. The molecule has 5 nitrogen and oxygen atoms in total. The van der Waals surface area contributed by atoms with Gasteiger partial charge in [0.25, 0.3) is 0 Å². The molecule has 0 radical (unpaired) electrons. The molecule has 2 aromatic carbocycles. The predicted molar refractivity (Wildman–Crippen MR) is 81.3 cm³/mol. The lowest BCUT2D eigenvalue weighted by molar-refractivity contribution is -0.383. The molecule has 0 aliphatic carbocycles. The molecule has 0 unspecified atom stereocenters.